The van der Waals surface area contributed by atoms with E-state index in [0.717, 1.165) is 6.20 Å². The number of hydrogen-bond acceptors (Lipinski definition) is 2. The van der Waals surface area contributed by atoms with Crippen molar-refractivity contribution in [3.05, 3.63) is 35.5 Å². The summed E-state index contributed by atoms with van der Waals surface area (Å²) >= 11 is 0. The predicted molar refractivity (Wildman–Crippen MR) is 55.9 cm³/mol. The Kier molecular flexibility index (Phi) is 2.26. The largest absolute Gasteiger partial charge is 0.418 e. The maximum Gasteiger partial charge on any atom is 0.418 e. The van der Waals surface area contributed by atoms with Crippen molar-refractivity contribution in [2.24, 2.45) is 0 Å². The third-order valence-corrected chi connectivity index (χ3v) is 2.46. The van der Waals surface area contributed by atoms with Gasteiger partial charge in [-0.25, -0.2) is 4.98 Å². The number of benzene rings is 1. The van der Waals surface area contributed by atoms with E-state index < -0.39 is 11.7 Å². The molecule has 0 saturated heterocycles. The highest BCUT2D eigenvalue weighted by Gasteiger charge is 2.33. The topological polar surface area (TPSA) is 38.9 Å². The zero-order valence-corrected chi connectivity index (χ0v) is 8.47. The van der Waals surface area contributed by atoms with Crippen LogP contribution in [-0.4, -0.2) is 4.98 Å². The average molecular weight is 226 g/mol. The van der Waals surface area contributed by atoms with Gasteiger partial charge in [0, 0.05) is 17.0 Å². The number of halogens is 3. The number of nitrogens with two attached hydrogens (primary N) is 1. The Hall–Kier alpha value is -1.78. The molecule has 0 fully saturated rings. The van der Waals surface area contributed by atoms with E-state index in [1.807, 2.05) is 0 Å². The maximum absolute atomic E-state index is 12.7. The summed E-state index contributed by atoms with van der Waals surface area (Å²) < 4.78 is 38.2. The lowest BCUT2D eigenvalue weighted by Gasteiger charge is -2.12. The van der Waals surface area contributed by atoms with Gasteiger partial charge >= 0.3 is 6.18 Å². The zero-order chi connectivity index (χ0) is 11.9. The van der Waals surface area contributed by atoms with Crippen molar-refractivity contribution in [3.63, 3.8) is 0 Å². The Morgan fingerprint density at radius 1 is 1.25 bits per heavy atom. The number of anilines is 1. The molecule has 2 N–H and O–H groups in total. The van der Waals surface area contributed by atoms with Crippen LogP contribution >= 0.6 is 0 Å². The van der Waals surface area contributed by atoms with E-state index in [4.69, 9.17) is 5.73 Å². The first-order valence-electron chi connectivity index (χ1n) is 4.62. The van der Waals surface area contributed by atoms with Crippen molar-refractivity contribution in [1.82, 2.24) is 4.98 Å². The molecule has 0 spiro atoms. The molecule has 2 nitrogen and oxygen atoms in total. The fourth-order valence-electron chi connectivity index (χ4n) is 1.72. The van der Waals surface area contributed by atoms with Crippen molar-refractivity contribution < 1.29 is 13.2 Å². The molecule has 0 aliphatic rings. The van der Waals surface area contributed by atoms with E-state index in [-0.39, 0.29) is 11.2 Å². The van der Waals surface area contributed by atoms with Crippen LogP contribution in [0.1, 0.15) is 11.1 Å². The molecule has 0 amide bonds. The lowest BCUT2D eigenvalue weighted by Crippen LogP contribution is -2.08. The van der Waals surface area contributed by atoms with Crippen LogP contribution in [0.5, 0.6) is 0 Å². The smallest absolute Gasteiger partial charge is 0.383 e. The Labute approximate surface area is 89.9 Å². The quantitative estimate of drug-likeness (QED) is 0.749. The average Bonchev–Trinajstić information content (AvgIpc) is 2.18. The summed E-state index contributed by atoms with van der Waals surface area (Å²) in [6, 6.07) is 4.83. The first kappa shape index (κ1) is 10.7. The van der Waals surface area contributed by atoms with Crippen molar-refractivity contribution in [2.75, 3.05) is 5.73 Å². The maximum atomic E-state index is 12.7. The lowest BCUT2D eigenvalue weighted by molar-refractivity contribution is -0.136. The molecule has 0 saturated carbocycles. The summed E-state index contributed by atoms with van der Waals surface area (Å²) in [7, 11) is 0. The molecule has 84 valence electrons. The lowest BCUT2D eigenvalue weighted by atomic mass is 10.0. The predicted octanol–water partition coefficient (Wildman–Crippen LogP) is 3.14. The summed E-state index contributed by atoms with van der Waals surface area (Å²) in [6.45, 7) is 1.62. The number of pyridine rings is 1. The molecule has 0 aliphatic heterocycles. The Morgan fingerprint density at radius 3 is 2.56 bits per heavy atom. The molecular formula is C11H9F3N2. The van der Waals surface area contributed by atoms with Crippen molar-refractivity contribution in [3.8, 4) is 0 Å². The number of nitrogens with zero attached hydrogens (tertiary/aromatic N) is 1. The van der Waals surface area contributed by atoms with E-state index in [0.29, 0.717) is 10.9 Å². The molecule has 0 aliphatic carbocycles. The molecular weight excluding hydrogens is 217 g/mol. The summed E-state index contributed by atoms with van der Waals surface area (Å²) in [6.07, 6.45) is -3.63. The molecule has 1 aromatic carbocycles. The van der Waals surface area contributed by atoms with Crippen LogP contribution in [0.15, 0.2) is 24.4 Å². The fraction of sp³-hybridized carbons (Fsp3) is 0.182. The molecule has 1 aromatic heterocycles. The van der Waals surface area contributed by atoms with Crippen LogP contribution < -0.4 is 5.73 Å². The van der Waals surface area contributed by atoms with Crippen LogP contribution in [0.4, 0.5) is 19.0 Å². The minimum Gasteiger partial charge on any atom is -0.383 e. The normalized spacial score (nSPS) is 12.0. The minimum atomic E-state index is -4.41. The first-order valence-corrected chi connectivity index (χ1v) is 4.62. The van der Waals surface area contributed by atoms with E-state index in [9.17, 15) is 13.2 Å². The molecule has 0 unspecified atom stereocenters. The monoisotopic (exact) mass is 226 g/mol. The van der Waals surface area contributed by atoms with E-state index in [1.165, 1.54) is 0 Å². The highest BCUT2D eigenvalue weighted by Crippen LogP contribution is 2.36. The van der Waals surface area contributed by atoms with E-state index in [1.54, 1.807) is 25.1 Å². The van der Waals surface area contributed by atoms with Crippen molar-refractivity contribution in [2.45, 2.75) is 13.1 Å². The van der Waals surface area contributed by atoms with Crippen LogP contribution in [0.3, 0.4) is 0 Å². The second-order valence-electron chi connectivity index (χ2n) is 3.55. The Morgan fingerprint density at radius 2 is 1.94 bits per heavy atom. The first-order chi connectivity index (χ1) is 7.41. The van der Waals surface area contributed by atoms with E-state index in [2.05, 4.69) is 4.98 Å². The number of aryl methyl sites for hydroxylation is 1. The minimum absolute atomic E-state index is 0.117. The molecule has 2 rings (SSSR count). The van der Waals surface area contributed by atoms with Gasteiger partial charge in [0.25, 0.3) is 0 Å². The molecule has 2 aromatic rings. The van der Waals surface area contributed by atoms with Crippen LogP contribution in [0.2, 0.25) is 0 Å². The number of rotatable bonds is 0. The second-order valence-corrected chi connectivity index (χ2v) is 3.55. The van der Waals surface area contributed by atoms with Gasteiger partial charge in [-0.05, 0) is 12.5 Å². The van der Waals surface area contributed by atoms with Gasteiger partial charge in [-0.1, -0.05) is 18.2 Å². The van der Waals surface area contributed by atoms with Crippen LogP contribution in [0.25, 0.3) is 10.8 Å². The third-order valence-electron chi connectivity index (χ3n) is 2.46. The standard InChI is InChI=1S/C11H9F3N2/c1-6-3-2-4-7-9(6)8(11(12,13)14)5-16-10(7)15/h2-5H,1H3,(H2,15,16). The van der Waals surface area contributed by atoms with Crippen molar-refractivity contribution >= 4 is 16.6 Å². The van der Waals surface area contributed by atoms with Gasteiger partial charge in [0.2, 0.25) is 0 Å². The number of fused-ring (bicyclic) bond motifs is 1. The molecule has 5 heteroatoms. The fourth-order valence-corrected chi connectivity index (χ4v) is 1.72. The van der Waals surface area contributed by atoms with Gasteiger partial charge in [0.15, 0.2) is 0 Å². The van der Waals surface area contributed by atoms with Gasteiger partial charge in [0.05, 0.1) is 5.56 Å². The van der Waals surface area contributed by atoms with E-state index >= 15 is 0 Å². The SMILES string of the molecule is Cc1cccc2c(N)ncc(C(F)(F)F)c12. The number of alkyl halides is 3. The number of hydrogen-bond donors (Lipinski definition) is 1. The van der Waals surface area contributed by atoms with Gasteiger partial charge in [0.1, 0.15) is 5.82 Å². The molecule has 16 heavy (non-hydrogen) atoms. The van der Waals surface area contributed by atoms with Gasteiger partial charge in [-0.15, -0.1) is 0 Å². The van der Waals surface area contributed by atoms with Gasteiger partial charge < -0.3 is 5.73 Å². The summed E-state index contributed by atoms with van der Waals surface area (Å²) in [5, 5.41) is 0.470. The highest BCUT2D eigenvalue weighted by molar-refractivity contribution is 5.95. The Bertz CT molecular complexity index is 547. The summed E-state index contributed by atoms with van der Waals surface area (Å²) in [5.41, 5.74) is 5.36. The summed E-state index contributed by atoms with van der Waals surface area (Å²) in [5.74, 6) is 0.117. The molecule has 0 bridgehead atoms. The third kappa shape index (κ3) is 1.58. The molecule has 0 radical (unpaired) electrons. The molecule has 0 atom stereocenters. The second kappa shape index (κ2) is 3.37. The Balaban J connectivity index is 2.92. The highest BCUT2D eigenvalue weighted by atomic mass is 19.4. The zero-order valence-electron chi connectivity index (χ0n) is 8.47. The molecule has 1 heterocycles. The summed E-state index contributed by atoms with van der Waals surface area (Å²) in [4.78, 5) is 3.57. The van der Waals surface area contributed by atoms with Crippen LogP contribution in [-0.2, 0) is 6.18 Å². The van der Waals surface area contributed by atoms with Gasteiger partial charge in [-0.2, -0.15) is 13.2 Å². The van der Waals surface area contributed by atoms with Crippen LogP contribution in [0, 0.1) is 6.92 Å². The van der Waals surface area contributed by atoms with Gasteiger partial charge in [-0.3, -0.25) is 0 Å². The number of nitrogen functional groups attached to an aromatic ring is 1. The number of aromatic nitrogens is 1. The van der Waals surface area contributed by atoms with Crippen molar-refractivity contribution in [1.29, 1.82) is 0 Å².